The lowest BCUT2D eigenvalue weighted by atomic mass is 9.95. The van der Waals surface area contributed by atoms with Crippen LogP contribution in [0.4, 0.5) is 5.82 Å². The zero-order valence-electron chi connectivity index (χ0n) is 15.1. The Morgan fingerprint density at radius 2 is 2.00 bits per heavy atom. The van der Waals surface area contributed by atoms with Crippen LogP contribution in [0.2, 0.25) is 0 Å². The van der Waals surface area contributed by atoms with Crippen LogP contribution < -0.4 is 10.2 Å². The third-order valence-corrected chi connectivity index (χ3v) is 5.02. The Kier molecular flexibility index (Phi) is 5.85. The maximum absolute atomic E-state index is 12.5. The first-order valence-electron chi connectivity index (χ1n) is 9.11. The topological polar surface area (TPSA) is 69.0 Å². The minimum absolute atomic E-state index is 0.0626. The monoisotopic (exact) mass is 348 g/mol. The van der Waals surface area contributed by atoms with Gasteiger partial charge in [0.2, 0.25) is 5.91 Å². The van der Waals surface area contributed by atoms with Crippen molar-refractivity contribution in [2.24, 2.45) is 5.92 Å². The summed E-state index contributed by atoms with van der Waals surface area (Å²) in [6.07, 6.45) is 3.25. The second-order valence-corrected chi connectivity index (χ2v) is 6.84. The number of hydrogen-bond acceptors (Lipinski definition) is 4. The van der Waals surface area contributed by atoms with Crippen molar-refractivity contribution >= 4 is 11.7 Å². The minimum atomic E-state index is 0.0626. The largest absolute Gasteiger partial charge is 0.357 e. The molecule has 2 heterocycles. The zero-order chi connectivity index (χ0) is 18.4. The highest BCUT2D eigenvalue weighted by molar-refractivity contribution is 5.79. The van der Waals surface area contributed by atoms with Gasteiger partial charge in [0.25, 0.3) is 0 Å². The number of nitriles is 1. The van der Waals surface area contributed by atoms with Crippen LogP contribution in [0.3, 0.4) is 0 Å². The van der Waals surface area contributed by atoms with E-state index in [0.717, 1.165) is 31.7 Å². The number of amides is 1. The van der Waals surface area contributed by atoms with E-state index in [9.17, 15) is 4.79 Å². The summed E-state index contributed by atoms with van der Waals surface area (Å²) < 4.78 is 0. The van der Waals surface area contributed by atoms with E-state index in [1.54, 1.807) is 12.3 Å². The molecule has 1 aliphatic rings. The first-order chi connectivity index (χ1) is 12.7. The van der Waals surface area contributed by atoms with E-state index in [0.29, 0.717) is 18.0 Å². The van der Waals surface area contributed by atoms with Crippen molar-refractivity contribution in [3.05, 3.63) is 59.8 Å². The quantitative estimate of drug-likeness (QED) is 0.901. The molecule has 3 rings (SSSR count). The number of benzene rings is 1. The van der Waals surface area contributed by atoms with E-state index >= 15 is 0 Å². The first kappa shape index (κ1) is 17.9. The average molecular weight is 348 g/mol. The molecular weight excluding hydrogens is 324 g/mol. The van der Waals surface area contributed by atoms with Crippen LogP contribution in [0, 0.1) is 17.2 Å². The minimum Gasteiger partial charge on any atom is -0.357 e. The molecular formula is C21H24N4O. The van der Waals surface area contributed by atoms with Gasteiger partial charge in [-0.15, -0.1) is 0 Å². The number of anilines is 1. The highest BCUT2D eigenvalue weighted by Crippen LogP contribution is 2.22. The number of nitrogens with zero attached hydrogens (tertiary/aromatic N) is 3. The Labute approximate surface area is 154 Å². The highest BCUT2D eigenvalue weighted by Gasteiger charge is 2.25. The van der Waals surface area contributed by atoms with Gasteiger partial charge < -0.3 is 10.2 Å². The molecule has 134 valence electrons. The molecule has 1 amide bonds. The smallest absolute Gasteiger partial charge is 0.223 e. The van der Waals surface area contributed by atoms with Crippen molar-refractivity contribution in [3.63, 3.8) is 0 Å². The van der Waals surface area contributed by atoms with Gasteiger partial charge in [-0.25, -0.2) is 4.98 Å². The number of hydrogen-bond donors (Lipinski definition) is 1. The molecule has 1 atom stereocenters. The van der Waals surface area contributed by atoms with E-state index in [1.807, 2.05) is 24.3 Å². The molecule has 5 heteroatoms. The SMILES string of the molecule is CC(CNC(=O)C1CCN(c2ccc(C#N)cn2)CC1)c1ccccc1. The normalized spacial score (nSPS) is 15.9. The molecule has 1 aromatic carbocycles. The molecule has 1 unspecified atom stereocenters. The Balaban J connectivity index is 1.46. The van der Waals surface area contributed by atoms with Crippen LogP contribution >= 0.6 is 0 Å². The highest BCUT2D eigenvalue weighted by atomic mass is 16.1. The van der Waals surface area contributed by atoms with Gasteiger partial charge in [0, 0.05) is 31.7 Å². The van der Waals surface area contributed by atoms with E-state index in [-0.39, 0.29) is 11.8 Å². The van der Waals surface area contributed by atoms with Gasteiger partial charge >= 0.3 is 0 Å². The van der Waals surface area contributed by atoms with Crippen LogP contribution in [0.5, 0.6) is 0 Å². The number of pyridine rings is 1. The summed E-state index contributed by atoms with van der Waals surface area (Å²) >= 11 is 0. The lowest BCUT2D eigenvalue weighted by Gasteiger charge is -2.32. The Morgan fingerprint density at radius 3 is 2.62 bits per heavy atom. The van der Waals surface area contributed by atoms with E-state index < -0.39 is 0 Å². The van der Waals surface area contributed by atoms with E-state index in [4.69, 9.17) is 5.26 Å². The molecule has 1 aromatic heterocycles. The van der Waals surface area contributed by atoms with Crippen LogP contribution in [-0.2, 0) is 4.79 Å². The molecule has 26 heavy (non-hydrogen) atoms. The van der Waals surface area contributed by atoms with Gasteiger partial charge in [-0.05, 0) is 36.5 Å². The predicted molar refractivity (Wildman–Crippen MR) is 102 cm³/mol. The second kappa shape index (κ2) is 8.48. The fraction of sp³-hybridized carbons (Fsp3) is 0.381. The summed E-state index contributed by atoms with van der Waals surface area (Å²) in [6.45, 7) is 4.42. The van der Waals surface area contributed by atoms with Crippen molar-refractivity contribution in [3.8, 4) is 6.07 Å². The molecule has 0 saturated carbocycles. The first-order valence-corrected chi connectivity index (χ1v) is 9.11. The fourth-order valence-corrected chi connectivity index (χ4v) is 3.31. The van der Waals surface area contributed by atoms with Gasteiger partial charge in [-0.2, -0.15) is 5.26 Å². The summed E-state index contributed by atoms with van der Waals surface area (Å²) in [5.74, 6) is 1.40. The molecule has 1 N–H and O–H groups in total. The molecule has 1 saturated heterocycles. The summed E-state index contributed by atoms with van der Waals surface area (Å²) in [5.41, 5.74) is 1.81. The van der Waals surface area contributed by atoms with E-state index in [1.165, 1.54) is 5.56 Å². The van der Waals surface area contributed by atoms with Crippen molar-refractivity contribution in [2.75, 3.05) is 24.5 Å². The predicted octanol–water partition coefficient (Wildman–Crippen LogP) is 3.09. The summed E-state index contributed by atoms with van der Waals surface area (Å²) in [7, 11) is 0. The van der Waals surface area contributed by atoms with Crippen LogP contribution in [0.1, 0.15) is 36.8 Å². The summed E-state index contributed by atoms with van der Waals surface area (Å²) in [6, 6.07) is 16.0. The summed E-state index contributed by atoms with van der Waals surface area (Å²) in [5, 5.41) is 12.0. The molecule has 2 aromatic rings. The fourth-order valence-electron chi connectivity index (χ4n) is 3.31. The lowest BCUT2D eigenvalue weighted by molar-refractivity contribution is -0.125. The van der Waals surface area contributed by atoms with E-state index in [2.05, 4.69) is 40.3 Å². The van der Waals surface area contributed by atoms with Crippen molar-refractivity contribution in [1.29, 1.82) is 5.26 Å². The lowest BCUT2D eigenvalue weighted by Crippen LogP contribution is -2.41. The average Bonchev–Trinajstić information content (AvgIpc) is 2.72. The van der Waals surface area contributed by atoms with Crippen LogP contribution in [-0.4, -0.2) is 30.5 Å². The maximum atomic E-state index is 12.5. The van der Waals surface area contributed by atoms with Crippen LogP contribution in [0.25, 0.3) is 0 Å². The van der Waals surface area contributed by atoms with Crippen molar-refractivity contribution in [1.82, 2.24) is 10.3 Å². The molecule has 0 radical (unpaired) electrons. The zero-order valence-corrected chi connectivity index (χ0v) is 15.1. The third kappa shape index (κ3) is 4.40. The van der Waals surface area contributed by atoms with Gasteiger partial charge in [-0.1, -0.05) is 37.3 Å². The maximum Gasteiger partial charge on any atom is 0.223 e. The molecule has 0 aliphatic carbocycles. The third-order valence-electron chi connectivity index (χ3n) is 5.02. The Morgan fingerprint density at radius 1 is 1.27 bits per heavy atom. The summed E-state index contributed by atoms with van der Waals surface area (Å²) in [4.78, 5) is 19.0. The van der Waals surface area contributed by atoms with Crippen molar-refractivity contribution < 1.29 is 4.79 Å². The molecule has 0 spiro atoms. The standard InChI is InChI=1S/C21H24N4O/c1-16(18-5-3-2-4-6-18)14-24-21(26)19-9-11-25(12-10-19)20-8-7-17(13-22)15-23-20/h2-8,15-16,19H,9-12,14H2,1H3,(H,24,26). The molecule has 0 bridgehead atoms. The number of carbonyl (C=O) groups excluding carboxylic acids is 1. The number of rotatable bonds is 5. The second-order valence-electron chi connectivity index (χ2n) is 6.84. The van der Waals surface area contributed by atoms with Gasteiger partial charge in [0.05, 0.1) is 5.56 Å². The number of piperidine rings is 1. The molecule has 1 fully saturated rings. The van der Waals surface area contributed by atoms with Gasteiger partial charge in [0.1, 0.15) is 11.9 Å². The Bertz CT molecular complexity index is 759. The van der Waals surface area contributed by atoms with Gasteiger partial charge in [0.15, 0.2) is 0 Å². The number of carbonyl (C=O) groups is 1. The molecule has 1 aliphatic heterocycles. The number of nitrogens with one attached hydrogen (secondary N) is 1. The van der Waals surface area contributed by atoms with Gasteiger partial charge in [-0.3, -0.25) is 4.79 Å². The van der Waals surface area contributed by atoms with Crippen LogP contribution in [0.15, 0.2) is 48.7 Å². The van der Waals surface area contributed by atoms with Crippen molar-refractivity contribution in [2.45, 2.75) is 25.7 Å². The Hall–Kier alpha value is -2.87. The molecule has 5 nitrogen and oxygen atoms in total. The number of aromatic nitrogens is 1.